The summed E-state index contributed by atoms with van der Waals surface area (Å²) in [6.07, 6.45) is 2.25. The van der Waals surface area contributed by atoms with Crippen LogP contribution in [0.2, 0.25) is 0 Å². The average molecular weight is 229 g/mol. The molecule has 0 aliphatic heterocycles. The second-order valence-corrected chi connectivity index (χ2v) is 4.06. The van der Waals surface area contributed by atoms with Gasteiger partial charge in [0, 0.05) is 19.7 Å². The van der Waals surface area contributed by atoms with Crippen LogP contribution < -0.4 is 0 Å². The lowest BCUT2D eigenvalue weighted by Crippen LogP contribution is -2.45. The highest BCUT2D eigenvalue weighted by Crippen LogP contribution is 2.35. The van der Waals surface area contributed by atoms with Crippen molar-refractivity contribution in [2.24, 2.45) is 5.92 Å². The zero-order chi connectivity index (χ0) is 12.1. The van der Waals surface area contributed by atoms with Crippen molar-refractivity contribution in [3.63, 3.8) is 0 Å². The minimum atomic E-state index is -0.802. The standard InChI is InChI=1S/C11H19NO4/c1-8(9-4-5-9)12(6-7-15-2)10(13)11(14)16-3/h8-9H,4-7H2,1-3H3. The fourth-order valence-corrected chi connectivity index (χ4v) is 1.72. The fourth-order valence-electron chi connectivity index (χ4n) is 1.72. The van der Waals surface area contributed by atoms with Crippen LogP contribution in [0.5, 0.6) is 0 Å². The molecule has 1 aliphatic rings. The maximum atomic E-state index is 11.7. The molecule has 0 N–H and O–H groups in total. The van der Waals surface area contributed by atoms with Crippen LogP contribution in [0, 0.1) is 5.92 Å². The quantitative estimate of drug-likeness (QED) is 0.507. The molecule has 5 heteroatoms. The van der Waals surface area contributed by atoms with Gasteiger partial charge >= 0.3 is 11.9 Å². The maximum Gasteiger partial charge on any atom is 0.396 e. The summed E-state index contributed by atoms with van der Waals surface area (Å²) in [4.78, 5) is 24.5. The molecule has 1 rings (SSSR count). The predicted molar refractivity (Wildman–Crippen MR) is 57.8 cm³/mol. The summed E-state index contributed by atoms with van der Waals surface area (Å²) in [5.41, 5.74) is 0. The number of carbonyl (C=O) groups excluding carboxylic acids is 2. The van der Waals surface area contributed by atoms with Gasteiger partial charge in [-0.25, -0.2) is 4.79 Å². The first kappa shape index (κ1) is 13.0. The highest BCUT2D eigenvalue weighted by atomic mass is 16.5. The zero-order valence-electron chi connectivity index (χ0n) is 10.1. The van der Waals surface area contributed by atoms with E-state index in [4.69, 9.17) is 4.74 Å². The summed E-state index contributed by atoms with van der Waals surface area (Å²) in [7, 11) is 2.79. The van der Waals surface area contributed by atoms with E-state index < -0.39 is 11.9 Å². The number of hydrogen-bond donors (Lipinski definition) is 0. The third-order valence-electron chi connectivity index (χ3n) is 2.95. The van der Waals surface area contributed by atoms with Crippen molar-refractivity contribution in [2.45, 2.75) is 25.8 Å². The number of methoxy groups -OCH3 is 2. The molecule has 1 amide bonds. The zero-order valence-corrected chi connectivity index (χ0v) is 10.1. The number of carbonyl (C=O) groups is 2. The molecule has 0 aromatic carbocycles. The van der Waals surface area contributed by atoms with E-state index in [2.05, 4.69) is 4.74 Å². The third kappa shape index (κ3) is 3.20. The minimum absolute atomic E-state index is 0.0850. The molecular weight excluding hydrogens is 210 g/mol. The smallest absolute Gasteiger partial charge is 0.396 e. The number of nitrogens with zero attached hydrogens (tertiary/aromatic N) is 1. The molecule has 0 heterocycles. The lowest BCUT2D eigenvalue weighted by molar-refractivity contribution is -0.159. The largest absolute Gasteiger partial charge is 0.462 e. The van der Waals surface area contributed by atoms with Crippen molar-refractivity contribution in [1.29, 1.82) is 0 Å². The Bertz CT molecular complexity index is 263. The fraction of sp³-hybridized carbons (Fsp3) is 0.818. The van der Waals surface area contributed by atoms with Crippen LogP contribution in [0.25, 0.3) is 0 Å². The van der Waals surface area contributed by atoms with Crippen LogP contribution in [0.15, 0.2) is 0 Å². The molecule has 1 atom stereocenters. The Morgan fingerprint density at radius 2 is 2.00 bits per heavy atom. The van der Waals surface area contributed by atoms with E-state index in [9.17, 15) is 9.59 Å². The number of esters is 1. The van der Waals surface area contributed by atoms with Crippen molar-refractivity contribution in [2.75, 3.05) is 27.4 Å². The van der Waals surface area contributed by atoms with Crippen LogP contribution >= 0.6 is 0 Å². The normalized spacial score (nSPS) is 16.7. The van der Waals surface area contributed by atoms with Gasteiger partial charge < -0.3 is 14.4 Å². The van der Waals surface area contributed by atoms with Crippen molar-refractivity contribution in [3.8, 4) is 0 Å². The lowest BCUT2D eigenvalue weighted by atomic mass is 10.2. The van der Waals surface area contributed by atoms with Gasteiger partial charge in [0.25, 0.3) is 0 Å². The van der Waals surface area contributed by atoms with E-state index in [0.29, 0.717) is 19.1 Å². The molecule has 92 valence electrons. The molecule has 0 aromatic heterocycles. The summed E-state index contributed by atoms with van der Waals surface area (Å²) >= 11 is 0. The molecule has 1 saturated carbocycles. The van der Waals surface area contributed by atoms with Crippen LogP contribution in [-0.2, 0) is 19.1 Å². The molecular formula is C11H19NO4. The first-order valence-electron chi connectivity index (χ1n) is 5.49. The van der Waals surface area contributed by atoms with Gasteiger partial charge in [-0.05, 0) is 25.7 Å². The van der Waals surface area contributed by atoms with E-state index in [1.54, 1.807) is 12.0 Å². The second kappa shape index (κ2) is 5.84. The van der Waals surface area contributed by atoms with Gasteiger partial charge in [0.1, 0.15) is 0 Å². The molecule has 0 radical (unpaired) electrons. The Morgan fingerprint density at radius 3 is 2.44 bits per heavy atom. The predicted octanol–water partition coefficient (Wildman–Crippen LogP) is 0.433. The van der Waals surface area contributed by atoms with Gasteiger partial charge in [-0.15, -0.1) is 0 Å². The monoisotopic (exact) mass is 229 g/mol. The molecule has 1 unspecified atom stereocenters. The number of amides is 1. The van der Waals surface area contributed by atoms with E-state index in [-0.39, 0.29) is 6.04 Å². The summed E-state index contributed by atoms with van der Waals surface area (Å²) in [6, 6.07) is 0.0850. The number of ether oxygens (including phenoxy) is 2. The Kier molecular flexibility index (Phi) is 4.73. The molecule has 5 nitrogen and oxygen atoms in total. The average Bonchev–Trinajstić information content (AvgIpc) is 3.11. The van der Waals surface area contributed by atoms with Crippen LogP contribution in [0.4, 0.5) is 0 Å². The number of rotatable bonds is 5. The second-order valence-electron chi connectivity index (χ2n) is 4.06. The highest BCUT2D eigenvalue weighted by Gasteiger charge is 2.36. The number of hydrogen-bond acceptors (Lipinski definition) is 4. The van der Waals surface area contributed by atoms with Crippen molar-refractivity contribution in [3.05, 3.63) is 0 Å². The Morgan fingerprint density at radius 1 is 1.38 bits per heavy atom. The minimum Gasteiger partial charge on any atom is -0.462 e. The van der Waals surface area contributed by atoms with Gasteiger partial charge in [0.05, 0.1) is 13.7 Å². The van der Waals surface area contributed by atoms with Crippen LogP contribution in [-0.4, -0.2) is 50.2 Å². The molecule has 0 bridgehead atoms. The topological polar surface area (TPSA) is 55.8 Å². The Hall–Kier alpha value is -1.10. The lowest BCUT2D eigenvalue weighted by Gasteiger charge is -2.27. The molecule has 16 heavy (non-hydrogen) atoms. The summed E-state index contributed by atoms with van der Waals surface area (Å²) in [5, 5.41) is 0. The summed E-state index contributed by atoms with van der Waals surface area (Å²) in [5.74, 6) is -0.854. The van der Waals surface area contributed by atoms with E-state index >= 15 is 0 Å². The third-order valence-corrected chi connectivity index (χ3v) is 2.95. The Labute approximate surface area is 95.7 Å². The highest BCUT2D eigenvalue weighted by molar-refractivity contribution is 6.32. The van der Waals surface area contributed by atoms with Gasteiger partial charge in [-0.2, -0.15) is 0 Å². The molecule has 0 spiro atoms. The van der Waals surface area contributed by atoms with Crippen LogP contribution in [0.3, 0.4) is 0 Å². The first-order chi connectivity index (χ1) is 7.61. The first-order valence-corrected chi connectivity index (χ1v) is 5.49. The summed E-state index contributed by atoms with van der Waals surface area (Å²) < 4.78 is 9.39. The van der Waals surface area contributed by atoms with Crippen molar-refractivity contribution in [1.82, 2.24) is 4.90 Å². The molecule has 0 saturated heterocycles. The van der Waals surface area contributed by atoms with Crippen LogP contribution in [0.1, 0.15) is 19.8 Å². The van der Waals surface area contributed by atoms with Crippen molar-refractivity contribution >= 4 is 11.9 Å². The maximum absolute atomic E-state index is 11.7. The van der Waals surface area contributed by atoms with E-state index in [0.717, 1.165) is 12.8 Å². The SMILES string of the molecule is COCCN(C(=O)C(=O)OC)C(C)C1CC1. The summed E-state index contributed by atoms with van der Waals surface area (Å²) in [6.45, 7) is 2.83. The van der Waals surface area contributed by atoms with Gasteiger partial charge in [0.15, 0.2) is 0 Å². The van der Waals surface area contributed by atoms with Gasteiger partial charge in [0.2, 0.25) is 0 Å². The molecule has 1 fully saturated rings. The Balaban J connectivity index is 2.61. The van der Waals surface area contributed by atoms with Gasteiger partial charge in [-0.1, -0.05) is 0 Å². The van der Waals surface area contributed by atoms with Gasteiger partial charge in [-0.3, -0.25) is 4.79 Å². The van der Waals surface area contributed by atoms with Crippen molar-refractivity contribution < 1.29 is 19.1 Å². The van der Waals surface area contributed by atoms with E-state index in [1.165, 1.54) is 7.11 Å². The molecule has 0 aromatic rings. The molecule has 1 aliphatic carbocycles. The van der Waals surface area contributed by atoms with E-state index in [1.807, 2.05) is 6.92 Å².